The van der Waals surface area contributed by atoms with Crippen molar-refractivity contribution in [3.63, 3.8) is 0 Å². The molecule has 0 radical (unpaired) electrons. The first-order valence-corrected chi connectivity index (χ1v) is 12.1. The number of hydrogen-bond acceptors (Lipinski definition) is 3. The number of fused-ring (bicyclic) bond motifs is 2. The molecule has 3 aromatic rings. The fourth-order valence-corrected chi connectivity index (χ4v) is 6.13. The van der Waals surface area contributed by atoms with Crippen molar-refractivity contribution in [3.05, 3.63) is 54.4 Å². The number of amides is 1. The van der Waals surface area contributed by atoms with Gasteiger partial charge in [-0.1, -0.05) is 31.5 Å². The van der Waals surface area contributed by atoms with Gasteiger partial charge in [0.05, 0.1) is 11.6 Å². The Morgan fingerprint density at radius 2 is 2.03 bits per heavy atom. The molecule has 2 aromatic heterocycles. The molecule has 2 N–H and O–H groups in total. The summed E-state index contributed by atoms with van der Waals surface area (Å²) in [6, 6.07) is 12.1. The summed E-state index contributed by atoms with van der Waals surface area (Å²) in [5.74, 6) is -0.740. The van der Waals surface area contributed by atoms with Gasteiger partial charge in [0.1, 0.15) is 0 Å². The summed E-state index contributed by atoms with van der Waals surface area (Å²) in [6.45, 7) is 2.85. The van der Waals surface area contributed by atoms with Crippen LogP contribution in [0.15, 0.2) is 48.8 Å². The molecule has 6 heteroatoms. The van der Waals surface area contributed by atoms with Crippen LogP contribution in [0.2, 0.25) is 0 Å². The Balaban J connectivity index is 1.39. The Kier molecular flexibility index (Phi) is 5.92. The van der Waals surface area contributed by atoms with E-state index in [0.717, 1.165) is 66.4 Å². The Bertz CT molecular complexity index is 1160. The van der Waals surface area contributed by atoms with E-state index in [1.165, 1.54) is 0 Å². The van der Waals surface area contributed by atoms with Gasteiger partial charge in [-0.2, -0.15) is 0 Å². The minimum Gasteiger partial charge on any atom is -0.481 e. The molecule has 1 saturated heterocycles. The molecule has 1 aromatic carbocycles. The van der Waals surface area contributed by atoms with E-state index < -0.39 is 5.97 Å². The molecule has 4 unspecified atom stereocenters. The molecule has 1 aliphatic carbocycles. The molecule has 2 fully saturated rings. The monoisotopic (exact) mass is 445 g/mol. The lowest BCUT2D eigenvalue weighted by molar-refractivity contribution is -0.152. The number of nitrogens with one attached hydrogen (secondary N) is 1. The summed E-state index contributed by atoms with van der Waals surface area (Å²) in [5, 5.41) is 10.8. The highest BCUT2D eigenvalue weighted by Gasteiger charge is 2.43. The molecular weight excluding hydrogens is 414 g/mol. The third-order valence-corrected chi connectivity index (χ3v) is 7.69. The second-order valence-electron chi connectivity index (χ2n) is 9.63. The van der Waals surface area contributed by atoms with Crippen LogP contribution in [0.25, 0.3) is 22.2 Å². The number of rotatable bonds is 5. The summed E-state index contributed by atoms with van der Waals surface area (Å²) in [5.41, 5.74) is 4.16. The van der Waals surface area contributed by atoms with Gasteiger partial charge in [0, 0.05) is 47.9 Å². The van der Waals surface area contributed by atoms with E-state index in [1.807, 2.05) is 35.4 Å². The molecule has 1 aliphatic heterocycles. The predicted octanol–water partition coefficient (Wildman–Crippen LogP) is 5.22. The van der Waals surface area contributed by atoms with Crippen LogP contribution in [0.4, 0.5) is 0 Å². The van der Waals surface area contributed by atoms with Crippen LogP contribution in [0.1, 0.15) is 56.9 Å². The number of nitrogens with zero attached hydrogens (tertiary/aromatic N) is 2. The van der Waals surface area contributed by atoms with E-state index in [0.29, 0.717) is 6.42 Å². The topological polar surface area (TPSA) is 86.3 Å². The van der Waals surface area contributed by atoms with E-state index in [9.17, 15) is 14.7 Å². The van der Waals surface area contributed by atoms with Gasteiger partial charge in [0.25, 0.3) is 0 Å². The SMILES string of the molecule is CC(CC(=O)N1CCCC2C(C(=O)O)CCCC21)c1c[nH]c2cccc(-c3ccccn3)c12. The second kappa shape index (κ2) is 9.00. The summed E-state index contributed by atoms with van der Waals surface area (Å²) in [6.07, 6.45) is 8.59. The van der Waals surface area contributed by atoms with E-state index in [-0.39, 0.29) is 29.7 Å². The average molecular weight is 446 g/mol. The number of carboxylic acid groups (broad SMARTS) is 1. The summed E-state index contributed by atoms with van der Waals surface area (Å²) < 4.78 is 0. The molecule has 5 rings (SSSR count). The van der Waals surface area contributed by atoms with Crippen molar-refractivity contribution >= 4 is 22.8 Å². The van der Waals surface area contributed by atoms with Gasteiger partial charge in [-0.15, -0.1) is 0 Å². The van der Waals surface area contributed by atoms with Crippen LogP contribution in [0.5, 0.6) is 0 Å². The normalized spacial score (nSPS) is 23.8. The van der Waals surface area contributed by atoms with Gasteiger partial charge in [-0.05, 0) is 61.3 Å². The summed E-state index contributed by atoms with van der Waals surface area (Å²) in [7, 11) is 0. The summed E-state index contributed by atoms with van der Waals surface area (Å²) >= 11 is 0. The number of likely N-dealkylation sites (tertiary alicyclic amines) is 1. The van der Waals surface area contributed by atoms with Gasteiger partial charge < -0.3 is 15.0 Å². The average Bonchev–Trinajstić information content (AvgIpc) is 3.28. The number of carbonyl (C=O) groups excluding carboxylic acids is 1. The second-order valence-corrected chi connectivity index (χ2v) is 9.63. The van der Waals surface area contributed by atoms with Gasteiger partial charge in [-0.25, -0.2) is 0 Å². The highest BCUT2D eigenvalue weighted by Crippen LogP contribution is 2.41. The predicted molar refractivity (Wildman–Crippen MR) is 128 cm³/mol. The largest absolute Gasteiger partial charge is 0.481 e. The number of aromatic amines is 1. The molecule has 2 aliphatic rings. The molecule has 172 valence electrons. The highest BCUT2D eigenvalue weighted by molar-refractivity contribution is 5.97. The van der Waals surface area contributed by atoms with Gasteiger partial charge in [0.15, 0.2) is 0 Å². The van der Waals surface area contributed by atoms with Crippen molar-refractivity contribution in [3.8, 4) is 11.3 Å². The standard InChI is InChI=1S/C27H31N3O3/c1-17(15-25(31)30-14-6-9-18-19(27(32)33)7-5-12-24(18)30)21-16-29-23-11-4-8-20(26(21)23)22-10-2-3-13-28-22/h2-4,8,10-11,13,16-19,24,29H,5-7,9,12,14-15H2,1H3,(H,32,33). The number of pyridine rings is 1. The zero-order chi connectivity index (χ0) is 22.9. The van der Waals surface area contributed by atoms with E-state index in [2.05, 4.69) is 29.0 Å². The van der Waals surface area contributed by atoms with Crippen LogP contribution in [-0.2, 0) is 9.59 Å². The number of piperidine rings is 1. The smallest absolute Gasteiger partial charge is 0.306 e. The van der Waals surface area contributed by atoms with Crippen LogP contribution >= 0.6 is 0 Å². The summed E-state index contributed by atoms with van der Waals surface area (Å²) in [4.78, 5) is 35.2. The number of hydrogen-bond donors (Lipinski definition) is 2. The zero-order valence-electron chi connectivity index (χ0n) is 19.0. The number of carboxylic acids is 1. The van der Waals surface area contributed by atoms with E-state index in [4.69, 9.17) is 0 Å². The molecule has 0 spiro atoms. The lowest BCUT2D eigenvalue weighted by atomic mass is 9.71. The third-order valence-electron chi connectivity index (χ3n) is 7.69. The lowest BCUT2D eigenvalue weighted by Crippen LogP contribution is -2.53. The zero-order valence-corrected chi connectivity index (χ0v) is 19.0. The maximum absolute atomic E-state index is 13.5. The Morgan fingerprint density at radius 1 is 1.15 bits per heavy atom. The van der Waals surface area contributed by atoms with E-state index >= 15 is 0 Å². The number of aromatic nitrogens is 2. The first-order chi connectivity index (χ1) is 16.0. The quantitative estimate of drug-likeness (QED) is 0.564. The Morgan fingerprint density at radius 3 is 2.82 bits per heavy atom. The maximum atomic E-state index is 13.5. The van der Waals surface area contributed by atoms with Gasteiger partial charge in [-0.3, -0.25) is 14.6 Å². The number of carbonyl (C=O) groups is 2. The van der Waals surface area contributed by atoms with Crippen molar-refractivity contribution < 1.29 is 14.7 Å². The maximum Gasteiger partial charge on any atom is 0.306 e. The fraction of sp³-hybridized carbons (Fsp3) is 0.444. The van der Waals surface area contributed by atoms with Gasteiger partial charge in [0.2, 0.25) is 5.91 Å². The Labute approximate surface area is 194 Å². The molecule has 1 saturated carbocycles. The van der Waals surface area contributed by atoms with Crippen LogP contribution < -0.4 is 0 Å². The molecule has 0 bridgehead atoms. The minimum absolute atomic E-state index is 0.0374. The minimum atomic E-state index is -0.701. The van der Waals surface area contributed by atoms with Crippen molar-refractivity contribution in [2.24, 2.45) is 11.8 Å². The number of H-pyrrole nitrogens is 1. The molecular formula is C27H31N3O3. The van der Waals surface area contributed by atoms with Crippen molar-refractivity contribution in [2.45, 2.75) is 57.4 Å². The van der Waals surface area contributed by atoms with Crippen molar-refractivity contribution in [1.29, 1.82) is 0 Å². The first-order valence-electron chi connectivity index (χ1n) is 12.1. The van der Waals surface area contributed by atoms with Gasteiger partial charge >= 0.3 is 5.97 Å². The van der Waals surface area contributed by atoms with Crippen molar-refractivity contribution in [1.82, 2.24) is 14.9 Å². The highest BCUT2D eigenvalue weighted by atomic mass is 16.4. The molecule has 3 heterocycles. The van der Waals surface area contributed by atoms with Crippen LogP contribution in [0, 0.1) is 11.8 Å². The first kappa shape index (κ1) is 21.7. The molecule has 4 atom stereocenters. The van der Waals surface area contributed by atoms with Crippen LogP contribution in [-0.4, -0.2) is 44.4 Å². The number of aliphatic carboxylic acids is 1. The lowest BCUT2D eigenvalue weighted by Gasteiger charge is -2.46. The molecule has 1 amide bonds. The molecule has 33 heavy (non-hydrogen) atoms. The third kappa shape index (κ3) is 4.03. The Hall–Kier alpha value is -3.15. The van der Waals surface area contributed by atoms with E-state index in [1.54, 1.807) is 6.20 Å². The fourth-order valence-electron chi connectivity index (χ4n) is 6.13. The molecule has 6 nitrogen and oxygen atoms in total. The van der Waals surface area contributed by atoms with Crippen molar-refractivity contribution in [2.75, 3.05) is 6.54 Å². The van der Waals surface area contributed by atoms with Crippen LogP contribution in [0.3, 0.4) is 0 Å². The number of benzene rings is 1.